The maximum atomic E-state index is 6.03. The minimum atomic E-state index is 0.627. The van der Waals surface area contributed by atoms with Crippen molar-refractivity contribution in [2.24, 2.45) is 0 Å². The zero-order valence-electron chi connectivity index (χ0n) is 11.2. The SMILES string of the molecule is COc1nc2sccn2c1CNc1cc(Cl)ccc1C. The van der Waals surface area contributed by atoms with Gasteiger partial charge in [-0.05, 0) is 24.6 Å². The Kier molecular flexibility index (Phi) is 3.54. The van der Waals surface area contributed by atoms with Crippen molar-refractivity contribution in [1.29, 1.82) is 0 Å². The summed E-state index contributed by atoms with van der Waals surface area (Å²) in [4.78, 5) is 5.37. The number of aromatic nitrogens is 2. The highest BCUT2D eigenvalue weighted by atomic mass is 35.5. The maximum absolute atomic E-state index is 6.03. The molecule has 0 fully saturated rings. The highest BCUT2D eigenvalue weighted by Crippen LogP contribution is 2.25. The van der Waals surface area contributed by atoms with Crippen molar-refractivity contribution in [3.05, 3.63) is 46.1 Å². The van der Waals surface area contributed by atoms with Gasteiger partial charge in [0.05, 0.1) is 13.7 Å². The monoisotopic (exact) mass is 307 g/mol. The minimum absolute atomic E-state index is 0.627. The Bertz CT molecular complexity index is 750. The van der Waals surface area contributed by atoms with Crippen molar-refractivity contribution in [2.75, 3.05) is 12.4 Å². The molecule has 2 heterocycles. The number of thiazole rings is 1. The molecule has 0 atom stereocenters. The second-order valence-electron chi connectivity index (χ2n) is 4.44. The zero-order chi connectivity index (χ0) is 14.1. The summed E-state index contributed by atoms with van der Waals surface area (Å²) in [6, 6.07) is 5.81. The van der Waals surface area contributed by atoms with E-state index in [1.54, 1.807) is 18.4 Å². The van der Waals surface area contributed by atoms with Crippen LogP contribution in [0.5, 0.6) is 5.88 Å². The fourth-order valence-electron chi connectivity index (χ4n) is 2.10. The molecule has 6 heteroatoms. The Hall–Kier alpha value is -1.72. The first-order valence-corrected chi connectivity index (χ1v) is 7.43. The largest absolute Gasteiger partial charge is 0.480 e. The van der Waals surface area contributed by atoms with Crippen LogP contribution in [-0.4, -0.2) is 16.5 Å². The van der Waals surface area contributed by atoms with Crippen molar-refractivity contribution in [2.45, 2.75) is 13.5 Å². The van der Waals surface area contributed by atoms with E-state index in [9.17, 15) is 0 Å². The number of halogens is 1. The molecule has 104 valence electrons. The predicted molar refractivity (Wildman–Crippen MR) is 83.1 cm³/mol. The van der Waals surface area contributed by atoms with Crippen LogP contribution in [0.1, 0.15) is 11.3 Å². The standard InChI is InChI=1S/C14H14ClN3OS/c1-9-3-4-10(15)7-11(9)16-8-12-13(19-2)17-14-18(12)5-6-20-14/h3-7,16H,8H2,1-2H3. The van der Waals surface area contributed by atoms with Crippen LogP contribution in [0.3, 0.4) is 0 Å². The van der Waals surface area contributed by atoms with Crippen LogP contribution in [0.15, 0.2) is 29.8 Å². The van der Waals surface area contributed by atoms with E-state index in [1.165, 1.54) is 0 Å². The fraction of sp³-hybridized carbons (Fsp3) is 0.214. The van der Waals surface area contributed by atoms with E-state index in [-0.39, 0.29) is 0 Å². The number of ether oxygens (including phenoxy) is 1. The van der Waals surface area contributed by atoms with Gasteiger partial charge >= 0.3 is 0 Å². The van der Waals surface area contributed by atoms with Gasteiger partial charge in [0.2, 0.25) is 5.88 Å². The summed E-state index contributed by atoms with van der Waals surface area (Å²) in [5.74, 6) is 0.657. The van der Waals surface area contributed by atoms with Crippen LogP contribution in [-0.2, 0) is 6.54 Å². The van der Waals surface area contributed by atoms with Gasteiger partial charge in [-0.15, -0.1) is 11.3 Å². The van der Waals surface area contributed by atoms with Crippen LogP contribution in [0, 0.1) is 6.92 Å². The third kappa shape index (κ3) is 2.34. The number of rotatable bonds is 4. The molecule has 0 bridgehead atoms. The van der Waals surface area contributed by atoms with Gasteiger partial charge in [0, 0.05) is 22.3 Å². The van der Waals surface area contributed by atoms with Crippen LogP contribution < -0.4 is 10.1 Å². The number of anilines is 1. The average Bonchev–Trinajstić information content (AvgIpc) is 3.00. The third-order valence-corrected chi connectivity index (χ3v) is 4.16. The Balaban J connectivity index is 1.89. The first-order valence-electron chi connectivity index (χ1n) is 6.17. The van der Waals surface area contributed by atoms with Gasteiger partial charge in [-0.2, -0.15) is 4.98 Å². The fourth-order valence-corrected chi connectivity index (χ4v) is 3.00. The quantitative estimate of drug-likeness (QED) is 0.792. The van der Waals surface area contributed by atoms with E-state index in [2.05, 4.69) is 10.3 Å². The molecule has 0 unspecified atom stereocenters. The molecule has 3 aromatic rings. The summed E-state index contributed by atoms with van der Waals surface area (Å²) in [7, 11) is 1.64. The molecule has 3 rings (SSSR count). The van der Waals surface area contributed by atoms with Crippen LogP contribution >= 0.6 is 22.9 Å². The number of aryl methyl sites for hydroxylation is 1. The average molecular weight is 308 g/mol. The Labute approximate surface area is 126 Å². The highest BCUT2D eigenvalue weighted by Gasteiger charge is 2.13. The van der Waals surface area contributed by atoms with Crippen molar-refractivity contribution in [3.8, 4) is 5.88 Å². The van der Waals surface area contributed by atoms with Gasteiger partial charge in [0.15, 0.2) is 4.96 Å². The summed E-state index contributed by atoms with van der Waals surface area (Å²) in [5.41, 5.74) is 3.17. The van der Waals surface area contributed by atoms with Crippen molar-refractivity contribution in [1.82, 2.24) is 9.38 Å². The molecule has 0 spiro atoms. The van der Waals surface area contributed by atoms with E-state index in [0.717, 1.165) is 26.9 Å². The van der Waals surface area contributed by atoms with Crippen LogP contribution in [0.4, 0.5) is 5.69 Å². The smallest absolute Gasteiger partial charge is 0.238 e. The summed E-state index contributed by atoms with van der Waals surface area (Å²) in [6.45, 7) is 2.68. The van der Waals surface area contributed by atoms with Gasteiger partial charge in [-0.1, -0.05) is 17.7 Å². The summed E-state index contributed by atoms with van der Waals surface area (Å²) >= 11 is 7.62. The van der Waals surface area contributed by atoms with Crippen LogP contribution in [0.25, 0.3) is 4.96 Å². The van der Waals surface area contributed by atoms with Crippen LogP contribution in [0.2, 0.25) is 5.02 Å². The maximum Gasteiger partial charge on any atom is 0.238 e. The lowest BCUT2D eigenvalue weighted by molar-refractivity contribution is 0.395. The number of nitrogens with one attached hydrogen (secondary N) is 1. The minimum Gasteiger partial charge on any atom is -0.480 e. The molecule has 0 radical (unpaired) electrons. The number of imidazole rings is 1. The van der Waals surface area contributed by atoms with E-state index in [1.807, 2.05) is 41.1 Å². The normalized spacial score (nSPS) is 10.9. The number of hydrogen-bond donors (Lipinski definition) is 1. The van der Waals surface area contributed by atoms with E-state index < -0.39 is 0 Å². The Morgan fingerprint density at radius 3 is 3.10 bits per heavy atom. The van der Waals surface area contributed by atoms with Crippen molar-refractivity contribution >= 4 is 33.6 Å². The van der Waals surface area contributed by atoms with Gasteiger partial charge in [0.25, 0.3) is 0 Å². The number of methoxy groups -OCH3 is 1. The third-order valence-electron chi connectivity index (χ3n) is 3.16. The molecule has 1 aromatic carbocycles. The van der Waals surface area contributed by atoms with Gasteiger partial charge in [0.1, 0.15) is 5.69 Å². The summed E-state index contributed by atoms with van der Waals surface area (Å²) < 4.78 is 7.38. The van der Waals surface area contributed by atoms with Gasteiger partial charge in [-0.25, -0.2) is 0 Å². The molecule has 0 aliphatic rings. The van der Waals surface area contributed by atoms with E-state index >= 15 is 0 Å². The Morgan fingerprint density at radius 1 is 1.45 bits per heavy atom. The molecule has 20 heavy (non-hydrogen) atoms. The van der Waals surface area contributed by atoms with Crippen molar-refractivity contribution < 1.29 is 4.74 Å². The predicted octanol–water partition coefficient (Wildman–Crippen LogP) is 3.98. The van der Waals surface area contributed by atoms with Crippen molar-refractivity contribution in [3.63, 3.8) is 0 Å². The number of nitrogens with zero attached hydrogens (tertiary/aromatic N) is 2. The molecule has 4 nitrogen and oxygen atoms in total. The summed E-state index contributed by atoms with van der Waals surface area (Å²) in [5, 5.41) is 6.12. The first kappa shape index (κ1) is 13.3. The second kappa shape index (κ2) is 5.34. The van der Waals surface area contributed by atoms with Gasteiger partial charge in [-0.3, -0.25) is 4.40 Å². The molecule has 0 amide bonds. The number of benzene rings is 1. The molecule has 0 saturated carbocycles. The molecule has 0 aliphatic heterocycles. The van der Waals surface area contributed by atoms with E-state index in [4.69, 9.17) is 16.3 Å². The lowest BCUT2D eigenvalue weighted by Crippen LogP contribution is -2.04. The van der Waals surface area contributed by atoms with E-state index in [0.29, 0.717) is 12.4 Å². The second-order valence-corrected chi connectivity index (χ2v) is 5.75. The highest BCUT2D eigenvalue weighted by molar-refractivity contribution is 7.15. The Morgan fingerprint density at radius 2 is 2.30 bits per heavy atom. The molecule has 1 N–H and O–H groups in total. The number of hydrogen-bond acceptors (Lipinski definition) is 4. The topological polar surface area (TPSA) is 38.6 Å². The lowest BCUT2D eigenvalue weighted by atomic mass is 10.2. The molecular weight excluding hydrogens is 294 g/mol. The number of fused-ring (bicyclic) bond motifs is 1. The summed E-state index contributed by atoms with van der Waals surface area (Å²) in [6.07, 6.45) is 2.00. The lowest BCUT2D eigenvalue weighted by Gasteiger charge is -2.10. The molecule has 0 aliphatic carbocycles. The zero-order valence-corrected chi connectivity index (χ0v) is 12.8. The molecule has 2 aromatic heterocycles. The molecule has 0 saturated heterocycles. The first-order chi connectivity index (χ1) is 9.69. The molecular formula is C14H14ClN3OS. The van der Waals surface area contributed by atoms with Gasteiger partial charge < -0.3 is 10.1 Å².